The van der Waals surface area contributed by atoms with Crippen molar-refractivity contribution in [3.05, 3.63) is 33.2 Å². The molecule has 0 N–H and O–H groups in total. The first-order valence-electron chi connectivity index (χ1n) is 6.83. The number of carbonyl (C=O) groups excluding carboxylic acids is 1. The average molecular weight is 366 g/mol. The van der Waals surface area contributed by atoms with Gasteiger partial charge in [-0.1, -0.05) is 17.8 Å². The lowest BCUT2D eigenvalue weighted by atomic mass is 10.2. The highest BCUT2D eigenvalue weighted by Gasteiger charge is 2.16. The van der Waals surface area contributed by atoms with E-state index in [1.165, 1.54) is 30.2 Å². The van der Waals surface area contributed by atoms with Gasteiger partial charge in [0.2, 0.25) is 0 Å². The van der Waals surface area contributed by atoms with Crippen molar-refractivity contribution in [2.24, 2.45) is 7.05 Å². The van der Waals surface area contributed by atoms with Crippen molar-refractivity contribution >= 4 is 50.6 Å². The van der Waals surface area contributed by atoms with Gasteiger partial charge in [0.15, 0.2) is 5.16 Å². The highest BCUT2D eigenvalue weighted by Crippen LogP contribution is 2.34. The summed E-state index contributed by atoms with van der Waals surface area (Å²) in [5.74, 6) is 0.265. The number of fused-ring (bicyclic) bond motifs is 1. The van der Waals surface area contributed by atoms with Gasteiger partial charge in [0.1, 0.15) is 4.83 Å². The molecule has 0 bridgehead atoms. The molecule has 3 aromatic rings. The number of hydrogen-bond acceptors (Lipinski definition) is 7. The Balaban J connectivity index is 1.96. The van der Waals surface area contributed by atoms with E-state index in [-0.39, 0.29) is 11.5 Å². The highest BCUT2D eigenvalue weighted by atomic mass is 32.2. The molecule has 0 aromatic carbocycles. The average Bonchev–Trinajstić information content (AvgIpc) is 3.20. The molecule has 0 saturated carbocycles. The van der Waals surface area contributed by atoms with Gasteiger partial charge in [-0.25, -0.2) is 4.98 Å². The lowest BCUT2D eigenvalue weighted by molar-refractivity contribution is -0.140. The van der Waals surface area contributed by atoms with Crippen molar-refractivity contribution in [1.29, 1.82) is 0 Å². The molecule has 0 radical (unpaired) electrons. The second-order valence-corrected chi connectivity index (χ2v) is 7.61. The maximum atomic E-state index is 12.7. The summed E-state index contributed by atoms with van der Waals surface area (Å²) in [7, 11) is 3.08. The van der Waals surface area contributed by atoms with Gasteiger partial charge in [0.25, 0.3) is 5.56 Å². The van der Waals surface area contributed by atoms with Crippen LogP contribution in [0.2, 0.25) is 0 Å². The van der Waals surface area contributed by atoms with E-state index in [1.807, 2.05) is 22.9 Å². The summed E-state index contributed by atoms with van der Waals surface area (Å²) in [4.78, 5) is 30.3. The zero-order valence-electron chi connectivity index (χ0n) is 12.6. The largest absolute Gasteiger partial charge is 0.469 e. The molecule has 23 heavy (non-hydrogen) atoms. The van der Waals surface area contributed by atoms with E-state index in [2.05, 4.69) is 9.72 Å². The van der Waals surface area contributed by atoms with Crippen LogP contribution in [0.1, 0.15) is 6.42 Å². The third kappa shape index (κ3) is 3.19. The van der Waals surface area contributed by atoms with Gasteiger partial charge >= 0.3 is 5.97 Å². The zero-order chi connectivity index (χ0) is 16.4. The first kappa shape index (κ1) is 16.2. The number of rotatable bonds is 5. The van der Waals surface area contributed by atoms with Crippen molar-refractivity contribution in [2.45, 2.75) is 11.6 Å². The third-order valence-corrected chi connectivity index (χ3v) is 6.13. The normalized spacial score (nSPS) is 11.0. The van der Waals surface area contributed by atoms with Crippen LogP contribution < -0.4 is 5.56 Å². The first-order valence-corrected chi connectivity index (χ1v) is 9.58. The monoisotopic (exact) mass is 366 g/mol. The minimum Gasteiger partial charge on any atom is -0.469 e. The summed E-state index contributed by atoms with van der Waals surface area (Å²) in [5.41, 5.74) is 0.888. The number of carbonyl (C=O) groups is 1. The molecule has 0 aliphatic rings. The van der Waals surface area contributed by atoms with Gasteiger partial charge in [0.05, 0.1) is 18.9 Å². The number of thioether (sulfide) groups is 1. The number of aromatic nitrogens is 2. The minimum atomic E-state index is -0.264. The molecule has 0 fully saturated rings. The van der Waals surface area contributed by atoms with Gasteiger partial charge < -0.3 is 4.74 Å². The molecule has 0 amide bonds. The first-order chi connectivity index (χ1) is 11.1. The lowest BCUT2D eigenvalue weighted by Gasteiger charge is -2.07. The van der Waals surface area contributed by atoms with Gasteiger partial charge in [-0.3, -0.25) is 14.2 Å². The molecule has 120 valence electrons. The molecule has 3 heterocycles. The van der Waals surface area contributed by atoms with Gasteiger partial charge in [-0.2, -0.15) is 0 Å². The SMILES string of the molecule is COC(=O)CCSc1nc2scc(-c3cccs3)c2c(=O)n1C. The Kier molecular flexibility index (Phi) is 4.84. The van der Waals surface area contributed by atoms with Gasteiger partial charge in [-0.05, 0) is 11.4 Å². The molecule has 0 saturated heterocycles. The number of thiophene rings is 2. The quantitative estimate of drug-likeness (QED) is 0.394. The minimum absolute atomic E-state index is 0.0554. The van der Waals surface area contributed by atoms with Crippen molar-refractivity contribution < 1.29 is 9.53 Å². The molecule has 0 unspecified atom stereocenters. The Labute approximate surface area is 144 Å². The van der Waals surface area contributed by atoms with Crippen molar-refractivity contribution in [1.82, 2.24) is 9.55 Å². The maximum absolute atomic E-state index is 12.7. The number of nitrogens with zero attached hydrogens (tertiary/aromatic N) is 2. The lowest BCUT2D eigenvalue weighted by Crippen LogP contribution is -2.19. The van der Waals surface area contributed by atoms with Gasteiger partial charge in [-0.15, -0.1) is 22.7 Å². The van der Waals surface area contributed by atoms with Crippen LogP contribution in [0.5, 0.6) is 0 Å². The fourth-order valence-corrected chi connectivity index (χ4v) is 4.82. The zero-order valence-corrected chi connectivity index (χ0v) is 15.0. The summed E-state index contributed by atoms with van der Waals surface area (Å²) in [6.45, 7) is 0. The highest BCUT2D eigenvalue weighted by molar-refractivity contribution is 7.99. The summed E-state index contributed by atoms with van der Waals surface area (Å²) in [5, 5.41) is 5.25. The van der Waals surface area contributed by atoms with E-state index in [9.17, 15) is 9.59 Å². The van der Waals surface area contributed by atoms with Crippen molar-refractivity contribution in [2.75, 3.05) is 12.9 Å². The Morgan fingerprint density at radius 1 is 1.43 bits per heavy atom. The molecule has 0 aliphatic heterocycles. The molecule has 8 heteroatoms. The molecule has 5 nitrogen and oxygen atoms in total. The Morgan fingerprint density at radius 2 is 2.26 bits per heavy atom. The van der Waals surface area contributed by atoms with E-state index >= 15 is 0 Å². The molecule has 0 aliphatic carbocycles. The number of hydrogen-bond donors (Lipinski definition) is 0. The topological polar surface area (TPSA) is 61.2 Å². The van der Waals surface area contributed by atoms with E-state index < -0.39 is 0 Å². The van der Waals surface area contributed by atoms with Crippen molar-refractivity contribution in [3.63, 3.8) is 0 Å². The maximum Gasteiger partial charge on any atom is 0.306 e. The fourth-order valence-electron chi connectivity index (χ4n) is 2.12. The molecule has 3 aromatic heterocycles. The van der Waals surface area contributed by atoms with E-state index in [0.29, 0.717) is 22.7 Å². The second-order valence-electron chi connectivity index (χ2n) is 4.74. The Hall–Kier alpha value is -1.64. The van der Waals surface area contributed by atoms with Crippen LogP contribution in [-0.4, -0.2) is 28.4 Å². The second kappa shape index (κ2) is 6.86. The van der Waals surface area contributed by atoms with E-state index in [4.69, 9.17) is 0 Å². The van der Waals surface area contributed by atoms with Gasteiger partial charge in [0, 0.05) is 28.6 Å². The van der Waals surface area contributed by atoms with Crippen LogP contribution in [0.25, 0.3) is 20.7 Å². The summed E-state index contributed by atoms with van der Waals surface area (Å²) in [6, 6.07) is 3.98. The summed E-state index contributed by atoms with van der Waals surface area (Å²) < 4.78 is 6.17. The van der Waals surface area contributed by atoms with Crippen LogP contribution in [0.3, 0.4) is 0 Å². The molecule has 3 rings (SSSR count). The van der Waals surface area contributed by atoms with Crippen molar-refractivity contribution in [3.8, 4) is 10.4 Å². The predicted molar refractivity (Wildman–Crippen MR) is 95.5 cm³/mol. The third-order valence-electron chi connectivity index (χ3n) is 3.33. The van der Waals surface area contributed by atoms with E-state index in [0.717, 1.165) is 15.3 Å². The van der Waals surface area contributed by atoms with Crippen LogP contribution in [-0.2, 0) is 16.6 Å². The smallest absolute Gasteiger partial charge is 0.306 e. The standard InChI is InChI=1S/C15H14N2O3S3/c1-17-14(19)12-9(10-4-3-6-21-10)8-23-13(12)16-15(17)22-7-5-11(18)20-2/h3-4,6,8H,5,7H2,1-2H3. The number of methoxy groups -OCH3 is 1. The molecular weight excluding hydrogens is 352 g/mol. The van der Waals surface area contributed by atoms with Crippen LogP contribution >= 0.6 is 34.4 Å². The van der Waals surface area contributed by atoms with Crippen LogP contribution in [0.4, 0.5) is 0 Å². The predicted octanol–water partition coefficient (Wildman–Crippen LogP) is 3.38. The van der Waals surface area contributed by atoms with Crippen LogP contribution in [0, 0.1) is 0 Å². The Morgan fingerprint density at radius 3 is 2.96 bits per heavy atom. The molecular formula is C15H14N2O3S3. The van der Waals surface area contributed by atoms with E-state index in [1.54, 1.807) is 23.0 Å². The number of esters is 1. The summed E-state index contributed by atoms with van der Waals surface area (Å²) in [6.07, 6.45) is 0.292. The number of ether oxygens (including phenoxy) is 1. The van der Waals surface area contributed by atoms with Crippen LogP contribution in [0.15, 0.2) is 32.8 Å². The summed E-state index contributed by atoms with van der Waals surface area (Å²) >= 11 is 4.47. The molecule has 0 atom stereocenters. The molecule has 0 spiro atoms. The fraction of sp³-hybridized carbons (Fsp3) is 0.267. The Bertz CT molecular complexity index is 897.